The van der Waals surface area contributed by atoms with Gasteiger partial charge in [0.1, 0.15) is 0 Å². The van der Waals surface area contributed by atoms with Gasteiger partial charge in [-0.15, -0.1) is 0 Å². The van der Waals surface area contributed by atoms with E-state index in [9.17, 15) is 0 Å². The molecule has 0 saturated carbocycles. The number of nitrogens with two attached hydrogens (primary N) is 1. The van der Waals surface area contributed by atoms with Crippen LogP contribution in [0.3, 0.4) is 0 Å². The van der Waals surface area contributed by atoms with Crippen LogP contribution in [-0.2, 0) is 0 Å². The second-order valence-electron chi connectivity index (χ2n) is 4.63. The minimum atomic E-state index is 0.851. The van der Waals surface area contributed by atoms with Gasteiger partial charge in [-0.3, -0.25) is 4.90 Å². The van der Waals surface area contributed by atoms with Crippen LogP contribution in [0.1, 0.15) is 25.7 Å². The topological polar surface area (TPSA) is 32.5 Å². The summed E-state index contributed by atoms with van der Waals surface area (Å²) in [6, 6.07) is 0.877. The average molecular weight is 197 g/mol. The lowest BCUT2D eigenvalue weighted by Gasteiger charge is -2.37. The summed E-state index contributed by atoms with van der Waals surface area (Å²) in [6.07, 6.45) is 5.31. The molecule has 0 radical (unpaired) electrons. The van der Waals surface area contributed by atoms with Gasteiger partial charge < -0.3 is 10.6 Å². The van der Waals surface area contributed by atoms with Crippen LogP contribution >= 0.6 is 0 Å². The quantitative estimate of drug-likeness (QED) is 0.666. The lowest BCUT2D eigenvalue weighted by Crippen LogP contribution is -2.50. The molecule has 2 aliphatic rings. The molecular weight excluding hydrogens is 174 g/mol. The van der Waals surface area contributed by atoms with Crippen LogP contribution < -0.4 is 5.73 Å². The summed E-state index contributed by atoms with van der Waals surface area (Å²) >= 11 is 0. The van der Waals surface area contributed by atoms with Crippen molar-refractivity contribution < 1.29 is 0 Å². The molecule has 2 fully saturated rings. The molecule has 2 saturated heterocycles. The zero-order valence-corrected chi connectivity index (χ0v) is 9.12. The standard InChI is InChI=1S/C11H23N3/c12-5-1-2-6-13-8-9-14-7-3-4-11(14)10-13/h11H,1-10,12H2. The highest BCUT2D eigenvalue weighted by Crippen LogP contribution is 2.21. The zero-order chi connectivity index (χ0) is 9.80. The number of nitrogens with zero attached hydrogens (tertiary/aromatic N) is 2. The Hall–Kier alpha value is -0.120. The van der Waals surface area contributed by atoms with Gasteiger partial charge in [0.25, 0.3) is 0 Å². The SMILES string of the molecule is NCCCCN1CCN2CCCC2C1. The number of piperazine rings is 1. The van der Waals surface area contributed by atoms with Gasteiger partial charge in [-0.2, -0.15) is 0 Å². The molecule has 1 atom stereocenters. The summed E-state index contributed by atoms with van der Waals surface area (Å²) in [4.78, 5) is 5.29. The number of hydrogen-bond donors (Lipinski definition) is 1. The molecule has 3 heteroatoms. The van der Waals surface area contributed by atoms with Crippen LogP contribution in [0, 0.1) is 0 Å². The Bertz CT molecular complexity index is 172. The van der Waals surface area contributed by atoms with Gasteiger partial charge in [-0.1, -0.05) is 0 Å². The van der Waals surface area contributed by atoms with Gasteiger partial charge in [0, 0.05) is 25.7 Å². The number of rotatable bonds is 4. The summed E-state index contributed by atoms with van der Waals surface area (Å²) in [5, 5.41) is 0. The number of unbranched alkanes of at least 4 members (excludes halogenated alkanes) is 1. The van der Waals surface area contributed by atoms with Crippen molar-refractivity contribution in [3.8, 4) is 0 Å². The fraction of sp³-hybridized carbons (Fsp3) is 1.00. The molecule has 0 bridgehead atoms. The van der Waals surface area contributed by atoms with Crippen molar-refractivity contribution in [1.29, 1.82) is 0 Å². The molecule has 0 amide bonds. The molecule has 0 aliphatic carbocycles. The van der Waals surface area contributed by atoms with E-state index < -0.39 is 0 Å². The predicted molar refractivity (Wildman–Crippen MR) is 59.3 cm³/mol. The minimum Gasteiger partial charge on any atom is -0.330 e. The summed E-state index contributed by atoms with van der Waals surface area (Å²) in [7, 11) is 0. The van der Waals surface area contributed by atoms with Crippen molar-refractivity contribution in [3.05, 3.63) is 0 Å². The minimum absolute atomic E-state index is 0.851. The molecule has 0 aromatic carbocycles. The molecule has 82 valence electrons. The molecule has 2 rings (SSSR count). The lowest BCUT2D eigenvalue weighted by molar-refractivity contribution is 0.103. The maximum absolute atomic E-state index is 5.50. The van der Waals surface area contributed by atoms with Crippen molar-refractivity contribution in [3.63, 3.8) is 0 Å². The van der Waals surface area contributed by atoms with Gasteiger partial charge in [-0.25, -0.2) is 0 Å². The molecule has 3 nitrogen and oxygen atoms in total. The van der Waals surface area contributed by atoms with Crippen LogP contribution in [0.5, 0.6) is 0 Å². The second kappa shape index (κ2) is 5.10. The molecule has 0 aromatic rings. The third-order valence-electron chi connectivity index (χ3n) is 3.60. The molecular formula is C11H23N3. The van der Waals surface area contributed by atoms with Gasteiger partial charge >= 0.3 is 0 Å². The third-order valence-corrected chi connectivity index (χ3v) is 3.60. The summed E-state index contributed by atoms with van der Waals surface area (Å²) in [5.74, 6) is 0. The molecule has 14 heavy (non-hydrogen) atoms. The monoisotopic (exact) mass is 197 g/mol. The third kappa shape index (κ3) is 2.47. The van der Waals surface area contributed by atoms with E-state index in [1.165, 1.54) is 58.4 Å². The van der Waals surface area contributed by atoms with Crippen molar-refractivity contribution in [2.45, 2.75) is 31.7 Å². The van der Waals surface area contributed by atoms with E-state index in [1.54, 1.807) is 0 Å². The smallest absolute Gasteiger partial charge is 0.0224 e. The number of fused-ring (bicyclic) bond motifs is 1. The summed E-state index contributed by atoms with van der Waals surface area (Å²) < 4.78 is 0. The highest BCUT2D eigenvalue weighted by Gasteiger charge is 2.29. The molecule has 2 heterocycles. The largest absolute Gasteiger partial charge is 0.330 e. The molecule has 1 unspecified atom stereocenters. The Kier molecular flexibility index (Phi) is 3.79. The second-order valence-corrected chi connectivity index (χ2v) is 4.63. The Labute approximate surface area is 87.2 Å². The van der Waals surface area contributed by atoms with E-state index in [4.69, 9.17) is 5.73 Å². The zero-order valence-electron chi connectivity index (χ0n) is 9.12. The molecule has 0 spiro atoms. The Balaban J connectivity index is 1.69. The first-order valence-corrected chi connectivity index (χ1v) is 6.06. The van der Waals surface area contributed by atoms with E-state index in [0.717, 1.165) is 12.6 Å². The van der Waals surface area contributed by atoms with Gasteiger partial charge in [0.05, 0.1) is 0 Å². The van der Waals surface area contributed by atoms with Crippen LogP contribution in [0.2, 0.25) is 0 Å². The predicted octanol–water partition coefficient (Wildman–Crippen LogP) is 0.505. The maximum atomic E-state index is 5.50. The van der Waals surface area contributed by atoms with Crippen molar-refractivity contribution in [2.24, 2.45) is 5.73 Å². The lowest BCUT2D eigenvalue weighted by atomic mass is 10.1. The van der Waals surface area contributed by atoms with E-state index >= 15 is 0 Å². The van der Waals surface area contributed by atoms with Crippen molar-refractivity contribution in [1.82, 2.24) is 9.80 Å². The fourth-order valence-electron chi connectivity index (χ4n) is 2.74. The number of hydrogen-bond acceptors (Lipinski definition) is 3. The van der Waals surface area contributed by atoms with E-state index in [0.29, 0.717) is 0 Å². The van der Waals surface area contributed by atoms with Crippen LogP contribution in [0.25, 0.3) is 0 Å². The first-order chi connectivity index (χ1) is 6.90. The van der Waals surface area contributed by atoms with Crippen LogP contribution in [0.15, 0.2) is 0 Å². The fourth-order valence-corrected chi connectivity index (χ4v) is 2.74. The first-order valence-electron chi connectivity index (χ1n) is 6.06. The van der Waals surface area contributed by atoms with Crippen LogP contribution in [0.4, 0.5) is 0 Å². The first kappa shape index (κ1) is 10.4. The van der Waals surface area contributed by atoms with Gasteiger partial charge in [0.15, 0.2) is 0 Å². The normalized spacial score (nSPS) is 29.4. The maximum Gasteiger partial charge on any atom is 0.0224 e. The average Bonchev–Trinajstić information content (AvgIpc) is 2.65. The highest BCUT2D eigenvalue weighted by atomic mass is 15.3. The Morgan fingerprint density at radius 2 is 2.07 bits per heavy atom. The van der Waals surface area contributed by atoms with Gasteiger partial charge in [-0.05, 0) is 45.3 Å². The molecule has 0 aromatic heterocycles. The van der Waals surface area contributed by atoms with Crippen molar-refractivity contribution >= 4 is 0 Å². The van der Waals surface area contributed by atoms with E-state index in [2.05, 4.69) is 9.80 Å². The Morgan fingerprint density at radius 1 is 1.14 bits per heavy atom. The van der Waals surface area contributed by atoms with Gasteiger partial charge in [0.2, 0.25) is 0 Å². The highest BCUT2D eigenvalue weighted by molar-refractivity contribution is 4.86. The molecule has 2 aliphatic heterocycles. The van der Waals surface area contributed by atoms with Crippen molar-refractivity contribution in [2.75, 3.05) is 39.3 Å². The van der Waals surface area contributed by atoms with E-state index in [-0.39, 0.29) is 0 Å². The summed E-state index contributed by atoms with van der Waals surface area (Å²) in [6.45, 7) is 7.35. The Morgan fingerprint density at radius 3 is 2.93 bits per heavy atom. The van der Waals surface area contributed by atoms with Crippen LogP contribution in [-0.4, -0.2) is 55.1 Å². The molecule has 2 N–H and O–H groups in total. The summed E-state index contributed by atoms with van der Waals surface area (Å²) in [5.41, 5.74) is 5.50. The van der Waals surface area contributed by atoms with E-state index in [1.807, 2.05) is 0 Å².